The lowest BCUT2D eigenvalue weighted by molar-refractivity contribution is -0.141. The molecule has 1 amide bonds. The van der Waals surface area contributed by atoms with Gasteiger partial charge in [-0.3, -0.25) is 4.79 Å². The zero-order chi connectivity index (χ0) is 12.7. The minimum atomic E-state index is -0.946. The predicted octanol–water partition coefficient (Wildman–Crippen LogP) is 2.25. The van der Waals surface area contributed by atoms with Crippen molar-refractivity contribution < 1.29 is 14.7 Å². The van der Waals surface area contributed by atoms with Crippen molar-refractivity contribution in [2.24, 2.45) is 0 Å². The van der Waals surface area contributed by atoms with Gasteiger partial charge in [0, 0.05) is 6.42 Å². The molecule has 4 heteroatoms. The molecule has 1 unspecified atom stereocenters. The Bertz CT molecular complexity index is 310. The molecule has 4 nitrogen and oxygen atoms in total. The standard InChI is InChI=1S/C13H21NO3/c1-2-6-11(13(16)17)14-12(15)9-10-7-4-3-5-8-10/h7,11H,2-6,8-9H2,1H3,(H,14,15)(H,16,17). The van der Waals surface area contributed by atoms with E-state index in [1.165, 1.54) is 6.42 Å². The number of allylic oxidation sites excluding steroid dienone is 1. The summed E-state index contributed by atoms with van der Waals surface area (Å²) in [6, 6.07) is -0.739. The van der Waals surface area contributed by atoms with Crippen molar-refractivity contribution in [1.82, 2.24) is 5.32 Å². The molecule has 0 heterocycles. The average molecular weight is 239 g/mol. The molecular formula is C13H21NO3. The molecule has 0 saturated carbocycles. The Balaban J connectivity index is 2.41. The first-order valence-corrected chi connectivity index (χ1v) is 6.33. The van der Waals surface area contributed by atoms with Crippen LogP contribution in [-0.4, -0.2) is 23.0 Å². The van der Waals surface area contributed by atoms with Crippen LogP contribution in [0.3, 0.4) is 0 Å². The molecule has 1 atom stereocenters. The van der Waals surface area contributed by atoms with Gasteiger partial charge in [-0.15, -0.1) is 0 Å². The van der Waals surface area contributed by atoms with Crippen LogP contribution in [0.15, 0.2) is 11.6 Å². The van der Waals surface area contributed by atoms with E-state index in [0.29, 0.717) is 12.8 Å². The van der Waals surface area contributed by atoms with Crippen LogP contribution in [0.1, 0.15) is 51.9 Å². The fourth-order valence-corrected chi connectivity index (χ4v) is 2.06. The van der Waals surface area contributed by atoms with Crippen LogP contribution >= 0.6 is 0 Å². The maximum atomic E-state index is 11.7. The molecule has 0 radical (unpaired) electrons. The van der Waals surface area contributed by atoms with Crippen LogP contribution in [0.5, 0.6) is 0 Å². The number of carbonyl (C=O) groups is 2. The van der Waals surface area contributed by atoms with E-state index in [2.05, 4.69) is 11.4 Å². The molecule has 0 aromatic heterocycles. The molecule has 0 spiro atoms. The number of nitrogens with one attached hydrogen (secondary N) is 1. The summed E-state index contributed by atoms with van der Waals surface area (Å²) in [7, 11) is 0. The van der Waals surface area contributed by atoms with Crippen molar-refractivity contribution in [3.05, 3.63) is 11.6 Å². The molecule has 0 aliphatic heterocycles. The van der Waals surface area contributed by atoms with Gasteiger partial charge in [-0.2, -0.15) is 0 Å². The number of hydrogen-bond acceptors (Lipinski definition) is 2. The number of aliphatic carboxylic acids is 1. The van der Waals surface area contributed by atoms with Gasteiger partial charge in [-0.25, -0.2) is 4.79 Å². The molecule has 0 fully saturated rings. The van der Waals surface area contributed by atoms with Crippen molar-refractivity contribution in [3.63, 3.8) is 0 Å². The monoisotopic (exact) mass is 239 g/mol. The van der Waals surface area contributed by atoms with Crippen LogP contribution in [0, 0.1) is 0 Å². The molecule has 96 valence electrons. The number of carboxylic acid groups (broad SMARTS) is 1. The molecule has 1 aliphatic carbocycles. The molecule has 1 rings (SSSR count). The summed E-state index contributed by atoms with van der Waals surface area (Å²) < 4.78 is 0. The minimum Gasteiger partial charge on any atom is -0.480 e. The fourth-order valence-electron chi connectivity index (χ4n) is 2.06. The Morgan fingerprint density at radius 1 is 1.47 bits per heavy atom. The normalized spacial score (nSPS) is 17.1. The second-order valence-corrected chi connectivity index (χ2v) is 4.53. The van der Waals surface area contributed by atoms with Gasteiger partial charge in [0.25, 0.3) is 0 Å². The van der Waals surface area contributed by atoms with E-state index in [9.17, 15) is 9.59 Å². The van der Waals surface area contributed by atoms with Crippen molar-refractivity contribution in [3.8, 4) is 0 Å². The van der Waals surface area contributed by atoms with Gasteiger partial charge in [-0.05, 0) is 32.1 Å². The highest BCUT2D eigenvalue weighted by molar-refractivity contribution is 5.84. The molecular weight excluding hydrogens is 218 g/mol. The second-order valence-electron chi connectivity index (χ2n) is 4.53. The first-order valence-electron chi connectivity index (χ1n) is 6.33. The Morgan fingerprint density at radius 2 is 2.24 bits per heavy atom. The Morgan fingerprint density at radius 3 is 2.76 bits per heavy atom. The van der Waals surface area contributed by atoms with Crippen LogP contribution < -0.4 is 5.32 Å². The summed E-state index contributed by atoms with van der Waals surface area (Å²) in [6.07, 6.45) is 8.04. The van der Waals surface area contributed by atoms with Gasteiger partial charge in [0.15, 0.2) is 0 Å². The predicted molar refractivity (Wildman–Crippen MR) is 65.6 cm³/mol. The van der Waals surface area contributed by atoms with Crippen molar-refractivity contribution >= 4 is 11.9 Å². The highest BCUT2D eigenvalue weighted by Gasteiger charge is 2.19. The summed E-state index contributed by atoms with van der Waals surface area (Å²) in [6.45, 7) is 1.91. The summed E-state index contributed by atoms with van der Waals surface area (Å²) in [5, 5.41) is 11.5. The number of amides is 1. The summed E-state index contributed by atoms with van der Waals surface area (Å²) in [5.74, 6) is -1.11. The van der Waals surface area contributed by atoms with Gasteiger partial charge in [0.1, 0.15) is 6.04 Å². The van der Waals surface area contributed by atoms with E-state index in [-0.39, 0.29) is 5.91 Å². The second kappa shape index (κ2) is 7.09. The van der Waals surface area contributed by atoms with Gasteiger partial charge in [-0.1, -0.05) is 25.0 Å². The number of hydrogen-bond donors (Lipinski definition) is 2. The molecule has 2 N–H and O–H groups in total. The first-order chi connectivity index (χ1) is 8.13. The molecule has 1 aliphatic rings. The van der Waals surface area contributed by atoms with Crippen LogP contribution in [0.2, 0.25) is 0 Å². The van der Waals surface area contributed by atoms with Crippen molar-refractivity contribution in [2.75, 3.05) is 0 Å². The highest BCUT2D eigenvalue weighted by atomic mass is 16.4. The molecule has 0 aromatic carbocycles. The largest absolute Gasteiger partial charge is 0.480 e. The van der Waals surface area contributed by atoms with E-state index in [0.717, 1.165) is 31.3 Å². The Labute approximate surface area is 102 Å². The lowest BCUT2D eigenvalue weighted by atomic mass is 9.97. The zero-order valence-corrected chi connectivity index (χ0v) is 10.4. The smallest absolute Gasteiger partial charge is 0.326 e. The fraction of sp³-hybridized carbons (Fsp3) is 0.692. The van der Waals surface area contributed by atoms with Crippen molar-refractivity contribution in [2.45, 2.75) is 57.9 Å². The van der Waals surface area contributed by atoms with E-state index < -0.39 is 12.0 Å². The topological polar surface area (TPSA) is 66.4 Å². The summed E-state index contributed by atoms with van der Waals surface area (Å²) in [5.41, 5.74) is 1.15. The molecule has 0 aromatic rings. The number of rotatable bonds is 6. The quantitative estimate of drug-likeness (QED) is 0.699. The van der Waals surface area contributed by atoms with Gasteiger partial charge in [0.2, 0.25) is 5.91 Å². The highest BCUT2D eigenvalue weighted by Crippen LogP contribution is 2.19. The van der Waals surface area contributed by atoms with E-state index in [1.807, 2.05) is 6.92 Å². The lowest BCUT2D eigenvalue weighted by Crippen LogP contribution is -2.40. The molecule has 17 heavy (non-hydrogen) atoms. The molecule has 0 saturated heterocycles. The van der Waals surface area contributed by atoms with E-state index in [4.69, 9.17) is 5.11 Å². The maximum absolute atomic E-state index is 11.7. The van der Waals surface area contributed by atoms with Crippen LogP contribution in [-0.2, 0) is 9.59 Å². The Hall–Kier alpha value is -1.32. The third-order valence-electron chi connectivity index (χ3n) is 2.98. The SMILES string of the molecule is CCCC(NC(=O)CC1=CCCCC1)C(=O)O. The van der Waals surface area contributed by atoms with Gasteiger partial charge < -0.3 is 10.4 Å². The van der Waals surface area contributed by atoms with Crippen LogP contribution in [0.25, 0.3) is 0 Å². The van der Waals surface area contributed by atoms with E-state index >= 15 is 0 Å². The third-order valence-corrected chi connectivity index (χ3v) is 2.98. The summed E-state index contributed by atoms with van der Waals surface area (Å²) >= 11 is 0. The third kappa shape index (κ3) is 5.02. The maximum Gasteiger partial charge on any atom is 0.326 e. The minimum absolute atomic E-state index is 0.168. The zero-order valence-electron chi connectivity index (χ0n) is 10.4. The first kappa shape index (κ1) is 13.7. The lowest BCUT2D eigenvalue weighted by Gasteiger charge is -2.16. The Kier molecular flexibility index (Phi) is 5.73. The van der Waals surface area contributed by atoms with E-state index in [1.54, 1.807) is 0 Å². The number of carboxylic acids is 1. The van der Waals surface area contributed by atoms with Gasteiger partial charge in [0.05, 0.1) is 0 Å². The average Bonchev–Trinajstić information content (AvgIpc) is 2.29. The van der Waals surface area contributed by atoms with Crippen molar-refractivity contribution in [1.29, 1.82) is 0 Å². The molecule has 0 bridgehead atoms. The van der Waals surface area contributed by atoms with Gasteiger partial charge >= 0.3 is 5.97 Å². The number of carbonyl (C=O) groups excluding carboxylic acids is 1. The van der Waals surface area contributed by atoms with Crippen LogP contribution in [0.4, 0.5) is 0 Å². The summed E-state index contributed by atoms with van der Waals surface area (Å²) in [4.78, 5) is 22.6.